The van der Waals surface area contributed by atoms with Crippen LogP contribution in [0.25, 0.3) is 0 Å². The highest BCUT2D eigenvalue weighted by molar-refractivity contribution is 9.10. The first kappa shape index (κ1) is 13.5. The number of hydrogen-bond acceptors (Lipinski definition) is 5. The Labute approximate surface area is 122 Å². The Morgan fingerprint density at radius 3 is 2.00 bits per heavy atom. The van der Waals surface area contributed by atoms with Crippen molar-refractivity contribution in [1.82, 2.24) is 4.90 Å². The second-order valence-electron chi connectivity index (χ2n) is 4.44. The minimum absolute atomic E-state index is 0.586. The van der Waals surface area contributed by atoms with Crippen LogP contribution in [0, 0.1) is 0 Å². The molecule has 104 valence electrons. The van der Waals surface area contributed by atoms with Gasteiger partial charge in [-0.25, -0.2) is 0 Å². The molecule has 0 amide bonds. The standard InChI is InChI=1S/C12H16BrNO4Si/c13-11-1-3-12(4-2-11)18-19-15-8-5-14(6-9-16-19)7-10-17-19/h1-4H,5-10H2. The zero-order valence-corrected chi connectivity index (χ0v) is 13.1. The fourth-order valence-corrected chi connectivity index (χ4v) is 4.23. The lowest BCUT2D eigenvalue weighted by atomic mass is 10.3. The summed E-state index contributed by atoms with van der Waals surface area (Å²) in [5.74, 6) is 0.716. The van der Waals surface area contributed by atoms with Gasteiger partial charge in [0.2, 0.25) is 0 Å². The Bertz CT molecular complexity index is 404. The van der Waals surface area contributed by atoms with Gasteiger partial charge in [0.15, 0.2) is 0 Å². The average molecular weight is 346 g/mol. The van der Waals surface area contributed by atoms with Gasteiger partial charge in [-0.2, -0.15) is 0 Å². The maximum Gasteiger partial charge on any atom is 0.749 e. The first-order valence-corrected chi connectivity index (χ1v) is 8.77. The number of fused-ring (bicyclic) bond motifs is 6. The SMILES string of the molecule is Brc1ccc(O[Si]23OCCN(CCO2)CCO3)cc1. The minimum atomic E-state index is -3.03. The van der Waals surface area contributed by atoms with Crippen LogP contribution in [-0.2, 0) is 13.3 Å². The van der Waals surface area contributed by atoms with Crippen molar-refractivity contribution < 1.29 is 17.7 Å². The molecule has 1 aromatic carbocycles. The van der Waals surface area contributed by atoms with Crippen LogP contribution in [0.4, 0.5) is 0 Å². The molecule has 0 saturated carbocycles. The first-order valence-electron chi connectivity index (χ1n) is 6.35. The normalized spacial score (nSPS) is 31.3. The number of hydrogen-bond donors (Lipinski definition) is 0. The molecular formula is C12H16BrNO4Si. The van der Waals surface area contributed by atoms with Gasteiger partial charge in [0.05, 0.1) is 19.8 Å². The summed E-state index contributed by atoms with van der Waals surface area (Å²) in [5, 5.41) is 0. The summed E-state index contributed by atoms with van der Waals surface area (Å²) in [6.07, 6.45) is 0. The zero-order valence-electron chi connectivity index (χ0n) is 10.5. The van der Waals surface area contributed by atoms with Crippen molar-refractivity contribution in [3.8, 4) is 5.75 Å². The van der Waals surface area contributed by atoms with Crippen LogP contribution in [0.5, 0.6) is 5.75 Å². The fraction of sp³-hybridized carbons (Fsp3) is 0.500. The summed E-state index contributed by atoms with van der Waals surface area (Å²) in [5.41, 5.74) is 0. The highest BCUT2D eigenvalue weighted by Gasteiger charge is 2.50. The van der Waals surface area contributed by atoms with Crippen LogP contribution in [0.3, 0.4) is 0 Å². The average Bonchev–Trinajstić information content (AvgIpc) is 2.33. The largest absolute Gasteiger partial charge is 0.749 e. The molecule has 1 aromatic rings. The third kappa shape index (κ3) is 3.36. The Kier molecular flexibility index (Phi) is 4.20. The fourth-order valence-electron chi connectivity index (χ4n) is 2.10. The van der Waals surface area contributed by atoms with Crippen LogP contribution >= 0.6 is 15.9 Å². The van der Waals surface area contributed by atoms with Crippen LogP contribution < -0.4 is 4.43 Å². The van der Waals surface area contributed by atoms with Crippen LogP contribution in [0.15, 0.2) is 28.7 Å². The molecule has 4 rings (SSSR count). The van der Waals surface area contributed by atoms with Gasteiger partial charge < -0.3 is 17.7 Å². The maximum absolute atomic E-state index is 5.93. The summed E-state index contributed by atoms with van der Waals surface area (Å²) >= 11 is 3.40. The van der Waals surface area contributed by atoms with E-state index in [0.29, 0.717) is 25.6 Å². The molecule has 3 aliphatic rings. The molecule has 0 aliphatic carbocycles. The van der Waals surface area contributed by atoms with Crippen molar-refractivity contribution in [1.29, 1.82) is 0 Å². The lowest BCUT2D eigenvalue weighted by molar-refractivity contribution is -0.0496. The lowest BCUT2D eigenvalue weighted by Crippen LogP contribution is -2.59. The van der Waals surface area contributed by atoms with Crippen molar-refractivity contribution in [3.05, 3.63) is 28.7 Å². The number of benzene rings is 1. The van der Waals surface area contributed by atoms with Crippen molar-refractivity contribution in [2.45, 2.75) is 0 Å². The van der Waals surface area contributed by atoms with Gasteiger partial charge in [-0.3, -0.25) is 4.90 Å². The Morgan fingerprint density at radius 2 is 1.47 bits per heavy atom. The summed E-state index contributed by atoms with van der Waals surface area (Å²) in [4.78, 5) is 2.27. The second kappa shape index (κ2) is 5.90. The summed E-state index contributed by atoms with van der Waals surface area (Å²) < 4.78 is 24.3. The molecule has 19 heavy (non-hydrogen) atoms. The summed E-state index contributed by atoms with van der Waals surface area (Å²) in [7, 11) is -3.03. The van der Waals surface area contributed by atoms with Gasteiger partial charge >= 0.3 is 9.05 Å². The van der Waals surface area contributed by atoms with E-state index in [-0.39, 0.29) is 0 Å². The zero-order chi connectivity index (χ0) is 13.1. The number of rotatable bonds is 2. The third-order valence-electron chi connectivity index (χ3n) is 3.12. The van der Waals surface area contributed by atoms with Gasteiger partial charge in [0.1, 0.15) is 5.75 Å². The first-order chi connectivity index (χ1) is 9.26. The van der Waals surface area contributed by atoms with E-state index >= 15 is 0 Å². The highest BCUT2D eigenvalue weighted by atomic mass is 79.9. The van der Waals surface area contributed by atoms with E-state index in [9.17, 15) is 0 Å². The Balaban J connectivity index is 1.76. The van der Waals surface area contributed by atoms with Crippen molar-refractivity contribution in [2.75, 3.05) is 39.5 Å². The predicted octanol–water partition coefficient (Wildman–Crippen LogP) is 1.64. The van der Waals surface area contributed by atoms with Crippen molar-refractivity contribution >= 4 is 25.0 Å². The van der Waals surface area contributed by atoms with Gasteiger partial charge in [-0.15, -0.1) is 0 Å². The Hall–Kier alpha value is -0.443. The topological polar surface area (TPSA) is 40.2 Å². The minimum Gasteiger partial charge on any atom is -0.480 e. The van der Waals surface area contributed by atoms with Crippen LogP contribution in [0.2, 0.25) is 0 Å². The molecule has 3 aliphatic heterocycles. The van der Waals surface area contributed by atoms with Crippen LogP contribution in [-0.4, -0.2) is 53.4 Å². The summed E-state index contributed by atoms with van der Waals surface area (Å²) in [6.45, 7) is 4.48. The second-order valence-corrected chi connectivity index (χ2v) is 7.43. The molecule has 0 radical (unpaired) electrons. The van der Waals surface area contributed by atoms with E-state index in [0.717, 1.165) is 24.1 Å². The van der Waals surface area contributed by atoms with E-state index in [1.54, 1.807) is 0 Å². The van der Waals surface area contributed by atoms with Gasteiger partial charge in [0.25, 0.3) is 0 Å². The Morgan fingerprint density at radius 1 is 0.947 bits per heavy atom. The van der Waals surface area contributed by atoms with Crippen LogP contribution in [0.1, 0.15) is 0 Å². The molecular weight excluding hydrogens is 330 g/mol. The van der Waals surface area contributed by atoms with Crippen molar-refractivity contribution in [2.24, 2.45) is 0 Å². The molecule has 3 fully saturated rings. The van der Waals surface area contributed by atoms with E-state index < -0.39 is 9.05 Å². The maximum atomic E-state index is 5.93. The molecule has 5 nitrogen and oxygen atoms in total. The van der Waals surface area contributed by atoms with E-state index in [2.05, 4.69) is 20.8 Å². The molecule has 2 bridgehead atoms. The lowest BCUT2D eigenvalue weighted by Gasteiger charge is -2.36. The molecule has 0 spiro atoms. The van der Waals surface area contributed by atoms with E-state index in [4.69, 9.17) is 17.7 Å². The van der Waals surface area contributed by atoms with Gasteiger partial charge in [0, 0.05) is 24.1 Å². The number of nitrogens with zero attached hydrogens (tertiary/aromatic N) is 1. The van der Waals surface area contributed by atoms with Gasteiger partial charge in [-0.1, -0.05) is 15.9 Å². The molecule has 0 N–H and O–H groups in total. The monoisotopic (exact) mass is 345 g/mol. The third-order valence-corrected chi connectivity index (χ3v) is 5.80. The molecule has 0 aromatic heterocycles. The summed E-state index contributed by atoms with van der Waals surface area (Å²) in [6, 6.07) is 7.61. The van der Waals surface area contributed by atoms with Crippen molar-refractivity contribution in [3.63, 3.8) is 0 Å². The predicted molar refractivity (Wildman–Crippen MR) is 74.8 cm³/mol. The number of halogens is 1. The van der Waals surface area contributed by atoms with E-state index in [1.807, 2.05) is 24.3 Å². The molecule has 0 atom stereocenters. The smallest absolute Gasteiger partial charge is 0.480 e. The molecule has 0 unspecified atom stereocenters. The highest BCUT2D eigenvalue weighted by Crippen LogP contribution is 2.23. The molecule has 7 heteroatoms. The quantitative estimate of drug-likeness (QED) is 0.762. The van der Waals surface area contributed by atoms with E-state index in [1.165, 1.54) is 0 Å². The molecule has 3 heterocycles. The molecule has 3 saturated heterocycles. The van der Waals surface area contributed by atoms with Gasteiger partial charge in [-0.05, 0) is 24.3 Å².